The van der Waals surface area contributed by atoms with E-state index in [0.29, 0.717) is 11.1 Å². The van der Waals surface area contributed by atoms with E-state index in [1.165, 1.54) is 23.0 Å². The van der Waals surface area contributed by atoms with E-state index < -0.39 is 5.97 Å². The van der Waals surface area contributed by atoms with Crippen LogP contribution in [-0.2, 0) is 7.05 Å². The highest BCUT2D eigenvalue weighted by atomic mass is 16.4. The summed E-state index contributed by atoms with van der Waals surface area (Å²) in [6.45, 7) is 0. The quantitative estimate of drug-likeness (QED) is 0.808. The molecule has 0 saturated heterocycles. The molecule has 0 aliphatic rings. The number of carboxylic acid groups (broad SMARTS) is 1. The molecule has 0 unspecified atom stereocenters. The van der Waals surface area contributed by atoms with E-state index in [1.807, 2.05) is 0 Å². The number of aryl methyl sites for hydroxylation is 1. The van der Waals surface area contributed by atoms with Crippen LogP contribution in [0.15, 0.2) is 36.8 Å². The van der Waals surface area contributed by atoms with Crippen LogP contribution in [0.25, 0.3) is 0 Å². The van der Waals surface area contributed by atoms with Gasteiger partial charge in [-0.1, -0.05) is 0 Å². The first kappa shape index (κ1) is 11.1. The van der Waals surface area contributed by atoms with E-state index in [1.54, 1.807) is 25.4 Å². The summed E-state index contributed by atoms with van der Waals surface area (Å²) in [5.74, 6) is -1.29. The molecule has 2 aromatic rings. The Morgan fingerprint density at radius 1 is 1.35 bits per heavy atom. The summed E-state index contributed by atoms with van der Waals surface area (Å²) in [5.41, 5.74) is 0.866. The largest absolute Gasteiger partial charge is 0.477 e. The average Bonchev–Trinajstić information content (AvgIpc) is 2.71. The highest BCUT2D eigenvalue weighted by Gasteiger charge is 2.16. The van der Waals surface area contributed by atoms with Gasteiger partial charge in [0.05, 0.1) is 0 Å². The van der Waals surface area contributed by atoms with Gasteiger partial charge in [0.2, 0.25) is 0 Å². The molecule has 2 heterocycles. The molecule has 5 nitrogen and oxygen atoms in total. The Hall–Kier alpha value is -2.43. The summed E-state index contributed by atoms with van der Waals surface area (Å²) in [6.07, 6.45) is 4.53. The van der Waals surface area contributed by atoms with Crippen molar-refractivity contribution in [2.75, 3.05) is 0 Å². The number of carbonyl (C=O) groups excluding carboxylic acids is 1. The van der Waals surface area contributed by atoms with Crippen molar-refractivity contribution in [3.05, 3.63) is 53.6 Å². The maximum atomic E-state index is 12.0. The lowest BCUT2D eigenvalue weighted by molar-refractivity contribution is 0.0686. The van der Waals surface area contributed by atoms with Gasteiger partial charge in [-0.3, -0.25) is 9.78 Å². The Labute approximate surface area is 97.3 Å². The Balaban J connectivity index is 2.39. The Morgan fingerprint density at radius 2 is 2.12 bits per heavy atom. The number of carbonyl (C=O) groups is 2. The summed E-state index contributed by atoms with van der Waals surface area (Å²) in [7, 11) is 1.59. The molecule has 0 aromatic carbocycles. The predicted molar refractivity (Wildman–Crippen MR) is 60.0 cm³/mol. The first-order valence-electron chi connectivity index (χ1n) is 4.94. The van der Waals surface area contributed by atoms with E-state index in [-0.39, 0.29) is 11.5 Å². The van der Waals surface area contributed by atoms with E-state index >= 15 is 0 Å². The van der Waals surface area contributed by atoms with Gasteiger partial charge in [0.15, 0.2) is 5.78 Å². The third kappa shape index (κ3) is 2.08. The first-order valence-corrected chi connectivity index (χ1v) is 4.94. The van der Waals surface area contributed by atoms with Gasteiger partial charge in [-0.2, -0.15) is 0 Å². The second-order valence-electron chi connectivity index (χ2n) is 3.60. The lowest BCUT2D eigenvalue weighted by Gasteiger charge is -1.95. The zero-order valence-corrected chi connectivity index (χ0v) is 9.12. The summed E-state index contributed by atoms with van der Waals surface area (Å²) in [5, 5.41) is 8.89. The monoisotopic (exact) mass is 230 g/mol. The number of aromatic carboxylic acids is 1. The van der Waals surface area contributed by atoms with Crippen LogP contribution < -0.4 is 0 Å². The molecule has 2 rings (SSSR count). The van der Waals surface area contributed by atoms with E-state index in [4.69, 9.17) is 5.11 Å². The standard InChI is InChI=1S/C12H10N2O3/c1-14-7-9(5-10(14)12(16)17)11(15)8-3-2-4-13-6-8/h2-7H,1H3,(H,16,17). The van der Waals surface area contributed by atoms with Gasteiger partial charge in [0, 0.05) is 36.8 Å². The second kappa shape index (κ2) is 4.21. The van der Waals surface area contributed by atoms with Crippen molar-refractivity contribution in [3.8, 4) is 0 Å². The molecule has 2 aromatic heterocycles. The molecule has 0 fully saturated rings. The summed E-state index contributed by atoms with van der Waals surface area (Å²) < 4.78 is 1.41. The van der Waals surface area contributed by atoms with Crippen molar-refractivity contribution in [1.29, 1.82) is 0 Å². The Morgan fingerprint density at radius 3 is 2.65 bits per heavy atom. The van der Waals surface area contributed by atoms with Crippen molar-refractivity contribution >= 4 is 11.8 Å². The highest BCUT2D eigenvalue weighted by Crippen LogP contribution is 2.12. The van der Waals surface area contributed by atoms with Crippen LogP contribution in [-0.4, -0.2) is 26.4 Å². The van der Waals surface area contributed by atoms with Gasteiger partial charge in [-0.15, -0.1) is 0 Å². The molecule has 1 N–H and O–H groups in total. The van der Waals surface area contributed by atoms with Gasteiger partial charge < -0.3 is 9.67 Å². The number of hydrogen-bond donors (Lipinski definition) is 1. The zero-order chi connectivity index (χ0) is 12.4. The third-order valence-electron chi connectivity index (χ3n) is 2.41. The van der Waals surface area contributed by atoms with E-state index in [9.17, 15) is 9.59 Å². The van der Waals surface area contributed by atoms with Crippen LogP contribution in [0.2, 0.25) is 0 Å². The molecule has 0 saturated carbocycles. The zero-order valence-electron chi connectivity index (χ0n) is 9.12. The van der Waals surface area contributed by atoms with Crippen LogP contribution in [0.5, 0.6) is 0 Å². The number of carboxylic acids is 1. The normalized spacial score (nSPS) is 10.2. The van der Waals surface area contributed by atoms with E-state index in [0.717, 1.165) is 0 Å². The van der Waals surface area contributed by atoms with Gasteiger partial charge in [-0.05, 0) is 18.2 Å². The topological polar surface area (TPSA) is 72.2 Å². The number of hydrogen-bond acceptors (Lipinski definition) is 3. The van der Waals surface area contributed by atoms with Crippen LogP contribution in [0.3, 0.4) is 0 Å². The fourth-order valence-corrected chi connectivity index (χ4v) is 1.57. The molecule has 17 heavy (non-hydrogen) atoms. The number of ketones is 1. The number of aromatic nitrogens is 2. The summed E-state index contributed by atoms with van der Waals surface area (Å²) in [4.78, 5) is 26.7. The minimum atomic E-state index is -1.06. The van der Waals surface area contributed by atoms with E-state index in [2.05, 4.69) is 4.98 Å². The van der Waals surface area contributed by atoms with Crippen LogP contribution in [0.1, 0.15) is 26.4 Å². The lowest BCUT2D eigenvalue weighted by Crippen LogP contribution is -2.02. The smallest absolute Gasteiger partial charge is 0.352 e. The molecule has 0 aliphatic heterocycles. The maximum absolute atomic E-state index is 12.0. The van der Waals surface area contributed by atoms with Gasteiger partial charge in [-0.25, -0.2) is 4.79 Å². The molecule has 0 atom stereocenters. The Bertz CT molecular complexity index is 573. The molecule has 86 valence electrons. The molecule has 0 spiro atoms. The molecule has 5 heteroatoms. The van der Waals surface area contributed by atoms with Crippen molar-refractivity contribution in [3.63, 3.8) is 0 Å². The fourth-order valence-electron chi connectivity index (χ4n) is 1.57. The molecule has 0 aliphatic carbocycles. The first-order chi connectivity index (χ1) is 8.09. The number of nitrogens with zero attached hydrogens (tertiary/aromatic N) is 2. The number of pyridine rings is 1. The summed E-state index contributed by atoms with van der Waals surface area (Å²) >= 11 is 0. The number of rotatable bonds is 3. The lowest BCUT2D eigenvalue weighted by atomic mass is 10.1. The van der Waals surface area contributed by atoms with Gasteiger partial charge in [0.1, 0.15) is 5.69 Å². The summed E-state index contributed by atoms with van der Waals surface area (Å²) in [6, 6.07) is 4.66. The highest BCUT2D eigenvalue weighted by molar-refractivity contribution is 6.09. The minimum absolute atomic E-state index is 0.0808. The fraction of sp³-hybridized carbons (Fsp3) is 0.0833. The molecule has 0 bridgehead atoms. The van der Waals surface area contributed by atoms with Crippen LogP contribution in [0.4, 0.5) is 0 Å². The minimum Gasteiger partial charge on any atom is -0.477 e. The van der Waals surface area contributed by atoms with Gasteiger partial charge in [0.25, 0.3) is 0 Å². The predicted octanol–water partition coefficient (Wildman–Crippen LogP) is 1.35. The molecule has 0 radical (unpaired) electrons. The second-order valence-corrected chi connectivity index (χ2v) is 3.60. The Kier molecular flexibility index (Phi) is 2.74. The molecular formula is C12H10N2O3. The van der Waals surface area contributed by atoms with Crippen molar-refractivity contribution in [1.82, 2.24) is 9.55 Å². The van der Waals surface area contributed by atoms with Crippen LogP contribution >= 0.6 is 0 Å². The van der Waals surface area contributed by atoms with Crippen molar-refractivity contribution in [2.45, 2.75) is 0 Å². The van der Waals surface area contributed by atoms with Crippen LogP contribution in [0, 0.1) is 0 Å². The third-order valence-corrected chi connectivity index (χ3v) is 2.41. The van der Waals surface area contributed by atoms with Crippen molar-refractivity contribution < 1.29 is 14.7 Å². The molecular weight excluding hydrogens is 220 g/mol. The maximum Gasteiger partial charge on any atom is 0.352 e. The SMILES string of the molecule is Cn1cc(C(=O)c2cccnc2)cc1C(=O)O. The van der Waals surface area contributed by atoms with Crippen molar-refractivity contribution in [2.24, 2.45) is 7.05 Å². The average molecular weight is 230 g/mol. The van der Waals surface area contributed by atoms with Gasteiger partial charge >= 0.3 is 5.97 Å². The molecule has 0 amide bonds.